The topological polar surface area (TPSA) is 59.4 Å². The lowest BCUT2D eigenvalue weighted by Gasteiger charge is -2.05. The van der Waals surface area contributed by atoms with Crippen LogP contribution in [0, 0.1) is 0 Å². The number of carbonyl (C=O) groups is 1. The van der Waals surface area contributed by atoms with Crippen molar-refractivity contribution in [1.82, 2.24) is 4.98 Å². The number of aliphatic carboxylic acids is 1. The average Bonchev–Trinajstić information content (AvgIpc) is 2.52. The Hall–Kier alpha value is -2.62. The Labute approximate surface area is 123 Å². The maximum atomic E-state index is 10.9. The molecule has 0 saturated heterocycles. The normalized spacial score (nSPS) is 11.2. The fraction of sp³-hybridized carbons (Fsp3) is 0.176. The molecule has 0 aliphatic carbocycles. The highest BCUT2D eigenvalue weighted by molar-refractivity contribution is 5.91. The zero-order chi connectivity index (χ0) is 15.1. The van der Waals surface area contributed by atoms with E-state index >= 15 is 0 Å². The zero-order valence-electron chi connectivity index (χ0n) is 11.8. The van der Waals surface area contributed by atoms with Crippen LogP contribution in [0.2, 0.25) is 0 Å². The first-order chi connectivity index (χ1) is 10.2. The minimum absolute atomic E-state index is 0.356. The molecule has 4 nitrogen and oxygen atoms in total. The molecule has 0 saturated carbocycles. The van der Waals surface area contributed by atoms with Crippen LogP contribution >= 0.6 is 0 Å². The maximum Gasteiger partial charge on any atom is 0.331 e. The molecule has 0 amide bonds. The number of benzene rings is 1. The van der Waals surface area contributed by atoms with E-state index in [1.165, 1.54) is 0 Å². The fourth-order valence-corrected chi connectivity index (χ4v) is 1.81. The van der Waals surface area contributed by atoms with Crippen LogP contribution in [-0.2, 0) is 11.4 Å². The summed E-state index contributed by atoms with van der Waals surface area (Å²) in [5, 5.41) is 8.99. The van der Waals surface area contributed by atoms with Gasteiger partial charge in [0.25, 0.3) is 0 Å². The van der Waals surface area contributed by atoms with Crippen molar-refractivity contribution in [1.29, 1.82) is 0 Å². The van der Waals surface area contributed by atoms with Crippen molar-refractivity contribution in [2.45, 2.75) is 20.0 Å². The summed E-state index contributed by atoms with van der Waals surface area (Å²) in [6.07, 6.45) is 3.71. The quantitative estimate of drug-likeness (QED) is 0.824. The Morgan fingerprint density at radius 3 is 2.57 bits per heavy atom. The number of rotatable bonds is 6. The summed E-state index contributed by atoms with van der Waals surface area (Å²) >= 11 is 0. The monoisotopic (exact) mass is 283 g/mol. The van der Waals surface area contributed by atoms with Crippen molar-refractivity contribution in [3.63, 3.8) is 0 Å². The molecule has 1 N–H and O–H groups in total. The molecule has 0 radical (unpaired) electrons. The molecule has 0 aliphatic heterocycles. The van der Waals surface area contributed by atoms with Crippen LogP contribution in [0.25, 0.3) is 6.08 Å². The number of ether oxygens (including phenoxy) is 1. The third-order valence-electron chi connectivity index (χ3n) is 2.99. The van der Waals surface area contributed by atoms with Crippen LogP contribution in [-0.4, -0.2) is 16.1 Å². The molecule has 0 atom stereocenters. The first-order valence-corrected chi connectivity index (χ1v) is 6.75. The number of nitrogens with zero attached hydrogens (tertiary/aromatic N) is 1. The van der Waals surface area contributed by atoms with Crippen molar-refractivity contribution in [3.8, 4) is 5.88 Å². The van der Waals surface area contributed by atoms with E-state index in [0.717, 1.165) is 11.1 Å². The Morgan fingerprint density at radius 1 is 1.24 bits per heavy atom. The van der Waals surface area contributed by atoms with Crippen LogP contribution in [0.4, 0.5) is 0 Å². The van der Waals surface area contributed by atoms with Gasteiger partial charge in [-0.05, 0) is 29.7 Å². The number of pyridine rings is 1. The second-order valence-corrected chi connectivity index (χ2v) is 4.53. The molecule has 1 heterocycles. The fourth-order valence-electron chi connectivity index (χ4n) is 1.81. The summed E-state index contributed by atoms with van der Waals surface area (Å²) in [5.74, 6) is -0.383. The SMILES string of the molecule is CC/C(=C/c1ccc(OCc2ccccc2)nc1)C(=O)O. The summed E-state index contributed by atoms with van der Waals surface area (Å²) in [6, 6.07) is 13.4. The van der Waals surface area contributed by atoms with Gasteiger partial charge in [-0.1, -0.05) is 37.3 Å². The van der Waals surface area contributed by atoms with Crippen LogP contribution in [0.5, 0.6) is 5.88 Å². The summed E-state index contributed by atoms with van der Waals surface area (Å²) in [7, 11) is 0. The van der Waals surface area contributed by atoms with Gasteiger partial charge >= 0.3 is 5.97 Å². The Bertz CT molecular complexity index is 618. The molecule has 2 aromatic rings. The molecule has 1 aromatic heterocycles. The Balaban J connectivity index is 2.00. The van der Waals surface area contributed by atoms with Gasteiger partial charge in [0.2, 0.25) is 5.88 Å². The lowest BCUT2D eigenvalue weighted by Crippen LogP contribution is -1.99. The number of hydrogen-bond acceptors (Lipinski definition) is 3. The van der Waals surface area contributed by atoms with Crippen molar-refractivity contribution >= 4 is 12.0 Å². The number of carboxylic acid groups (broad SMARTS) is 1. The van der Waals surface area contributed by atoms with Crippen molar-refractivity contribution < 1.29 is 14.6 Å². The number of hydrogen-bond donors (Lipinski definition) is 1. The van der Waals surface area contributed by atoms with E-state index < -0.39 is 5.97 Å². The molecule has 1 aromatic carbocycles. The van der Waals surface area contributed by atoms with Crippen molar-refractivity contribution in [2.75, 3.05) is 0 Å². The molecule has 21 heavy (non-hydrogen) atoms. The highest BCUT2D eigenvalue weighted by atomic mass is 16.5. The molecular formula is C17H17NO3. The van der Waals surface area contributed by atoms with E-state index in [9.17, 15) is 4.79 Å². The highest BCUT2D eigenvalue weighted by Gasteiger charge is 2.04. The third kappa shape index (κ3) is 4.45. The van der Waals surface area contributed by atoms with E-state index in [1.807, 2.05) is 37.3 Å². The predicted octanol–water partition coefficient (Wildman–Crippen LogP) is 3.54. The minimum Gasteiger partial charge on any atom is -0.478 e. The zero-order valence-corrected chi connectivity index (χ0v) is 11.8. The van der Waals surface area contributed by atoms with Gasteiger partial charge in [-0.3, -0.25) is 0 Å². The van der Waals surface area contributed by atoms with Crippen LogP contribution < -0.4 is 4.74 Å². The van der Waals surface area contributed by atoms with Crippen LogP contribution in [0.1, 0.15) is 24.5 Å². The molecule has 0 aliphatic rings. The predicted molar refractivity (Wildman–Crippen MR) is 80.9 cm³/mol. The van der Waals surface area contributed by atoms with Crippen LogP contribution in [0.15, 0.2) is 54.2 Å². The first kappa shape index (κ1) is 14.8. The van der Waals surface area contributed by atoms with Crippen molar-refractivity contribution in [2.24, 2.45) is 0 Å². The highest BCUT2D eigenvalue weighted by Crippen LogP contribution is 2.14. The largest absolute Gasteiger partial charge is 0.478 e. The average molecular weight is 283 g/mol. The number of aromatic nitrogens is 1. The standard InChI is InChI=1S/C17H17NO3/c1-2-15(17(19)20)10-14-8-9-16(18-11-14)21-12-13-6-4-3-5-7-13/h3-11H,2,12H2,1H3,(H,19,20)/b15-10-. The molecule has 108 valence electrons. The van der Waals surface area contributed by atoms with Crippen LogP contribution in [0.3, 0.4) is 0 Å². The molecule has 0 bridgehead atoms. The summed E-state index contributed by atoms with van der Waals surface area (Å²) in [6.45, 7) is 2.27. The second kappa shape index (κ2) is 7.24. The lowest BCUT2D eigenvalue weighted by atomic mass is 10.1. The second-order valence-electron chi connectivity index (χ2n) is 4.53. The molecule has 0 fully saturated rings. The van der Waals surface area contributed by atoms with Gasteiger partial charge < -0.3 is 9.84 Å². The van der Waals surface area contributed by atoms with Crippen molar-refractivity contribution in [3.05, 3.63) is 65.4 Å². The van der Waals surface area contributed by atoms with E-state index in [-0.39, 0.29) is 0 Å². The van der Waals surface area contributed by atoms with Gasteiger partial charge in [0.1, 0.15) is 6.61 Å². The van der Waals surface area contributed by atoms with E-state index in [1.54, 1.807) is 24.4 Å². The van der Waals surface area contributed by atoms with E-state index in [2.05, 4.69) is 4.98 Å². The Morgan fingerprint density at radius 2 is 2.00 bits per heavy atom. The molecule has 0 unspecified atom stereocenters. The number of carboxylic acids is 1. The first-order valence-electron chi connectivity index (χ1n) is 6.75. The smallest absolute Gasteiger partial charge is 0.331 e. The Kier molecular flexibility index (Phi) is 5.10. The summed E-state index contributed by atoms with van der Waals surface area (Å²) in [5.41, 5.74) is 2.18. The van der Waals surface area contributed by atoms with Gasteiger partial charge in [0, 0.05) is 17.8 Å². The summed E-state index contributed by atoms with van der Waals surface area (Å²) < 4.78 is 5.58. The third-order valence-corrected chi connectivity index (χ3v) is 2.99. The minimum atomic E-state index is -0.901. The van der Waals surface area contributed by atoms with Gasteiger partial charge in [-0.25, -0.2) is 9.78 Å². The van der Waals surface area contributed by atoms with Gasteiger partial charge in [0.15, 0.2) is 0 Å². The van der Waals surface area contributed by atoms with Gasteiger partial charge in [0.05, 0.1) is 0 Å². The van der Waals surface area contributed by atoms with E-state index in [0.29, 0.717) is 24.5 Å². The molecule has 2 rings (SSSR count). The van der Waals surface area contributed by atoms with Gasteiger partial charge in [-0.2, -0.15) is 0 Å². The van der Waals surface area contributed by atoms with E-state index in [4.69, 9.17) is 9.84 Å². The molecule has 0 spiro atoms. The lowest BCUT2D eigenvalue weighted by molar-refractivity contribution is -0.132. The molecule has 4 heteroatoms. The summed E-state index contributed by atoms with van der Waals surface area (Å²) in [4.78, 5) is 15.1. The molecular weight excluding hydrogens is 266 g/mol. The maximum absolute atomic E-state index is 10.9. The van der Waals surface area contributed by atoms with Gasteiger partial charge in [-0.15, -0.1) is 0 Å².